The van der Waals surface area contributed by atoms with Crippen LogP contribution in [0.3, 0.4) is 0 Å². The Morgan fingerprint density at radius 3 is 2.84 bits per heavy atom. The zero-order valence-electron chi connectivity index (χ0n) is 10.7. The van der Waals surface area contributed by atoms with Gasteiger partial charge in [0.2, 0.25) is 5.70 Å². The number of halogens is 1. The van der Waals surface area contributed by atoms with E-state index in [4.69, 9.17) is 11.6 Å². The van der Waals surface area contributed by atoms with Crippen LogP contribution < -0.4 is 0 Å². The van der Waals surface area contributed by atoms with Gasteiger partial charge in [0.25, 0.3) is 0 Å². The molecule has 4 nitrogen and oxygen atoms in total. The molecule has 0 saturated heterocycles. The second kappa shape index (κ2) is 5.36. The standard InChI is InChI=1S/C14H13ClN2O2/c1-3-12(17(18)19)8-11-7-10-5-4-9(2)6-13(10)16-14(11)15/h4-8H,3H2,1-2H3. The van der Waals surface area contributed by atoms with E-state index in [0.29, 0.717) is 12.0 Å². The Morgan fingerprint density at radius 2 is 2.21 bits per heavy atom. The Bertz CT molecular complexity index is 680. The maximum atomic E-state index is 10.8. The summed E-state index contributed by atoms with van der Waals surface area (Å²) in [6.07, 6.45) is 1.82. The fourth-order valence-corrected chi connectivity index (χ4v) is 2.03. The van der Waals surface area contributed by atoms with Crippen LogP contribution in [0.15, 0.2) is 30.0 Å². The number of rotatable bonds is 3. The zero-order valence-corrected chi connectivity index (χ0v) is 11.4. The van der Waals surface area contributed by atoms with E-state index in [0.717, 1.165) is 16.5 Å². The Hall–Kier alpha value is -1.94. The van der Waals surface area contributed by atoms with E-state index in [9.17, 15) is 10.1 Å². The third-order valence-electron chi connectivity index (χ3n) is 2.87. The monoisotopic (exact) mass is 276 g/mol. The number of hydrogen-bond acceptors (Lipinski definition) is 3. The molecule has 2 rings (SSSR count). The number of hydrogen-bond donors (Lipinski definition) is 0. The molecular formula is C14H13ClN2O2. The van der Waals surface area contributed by atoms with Gasteiger partial charge in [0.15, 0.2) is 0 Å². The minimum absolute atomic E-state index is 0.121. The summed E-state index contributed by atoms with van der Waals surface area (Å²) in [5.41, 5.74) is 2.59. The highest BCUT2D eigenvalue weighted by Crippen LogP contribution is 2.24. The van der Waals surface area contributed by atoms with Gasteiger partial charge in [0.1, 0.15) is 5.15 Å². The molecule has 0 N–H and O–H groups in total. The highest BCUT2D eigenvalue weighted by atomic mass is 35.5. The van der Waals surface area contributed by atoms with Crippen LogP contribution in [0.2, 0.25) is 5.15 Å². The maximum Gasteiger partial charge on any atom is 0.246 e. The first-order chi connectivity index (χ1) is 9.01. The highest BCUT2D eigenvalue weighted by Gasteiger charge is 2.10. The fraction of sp³-hybridized carbons (Fsp3) is 0.214. The first-order valence-electron chi connectivity index (χ1n) is 5.93. The second-order valence-electron chi connectivity index (χ2n) is 4.31. The molecule has 0 fully saturated rings. The lowest BCUT2D eigenvalue weighted by Gasteiger charge is -2.03. The lowest BCUT2D eigenvalue weighted by Crippen LogP contribution is -1.97. The number of pyridine rings is 1. The SMILES string of the molecule is CCC(=Cc1cc2ccc(C)cc2nc1Cl)[N+](=O)[O-]. The minimum Gasteiger partial charge on any atom is -0.259 e. The second-order valence-corrected chi connectivity index (χ2v) is 4.67. The number of allylic oxidation sites excluding steroid dienone is 1. The molecule has 2 aromatic rings. The van der Waals surface area contributed by atoms with Gasteiger partial charge in [-0.25, -0.2) is 4.98 Å². The third-order valence-corrected chi connectivity index (χ3v) is 3.18. The summed E-state index contributed by atoms with van der Waals surface area (Å²) in [6.45, 7) is 3.71. The van der Waals surface area contributed by atoms with Crippen LogP contribution in [-0.4, -0.2) is 9.91 Å². The molecule has 98 valence electrons. The van der Waals surface area contributed by atoms with Gasteiger partial charge >= 0.3 is 0 Å². The van der Waals surface area contributed by atoms with Crippen molar-refractivity contribution in [2.45, 2.75) is 20.3 Å². The van der Waals surface area contributed by atoms with E-state index in [1.54, 1.807) is 6.92 Å². The lowest BCUT2D eigenvalue weighted by atomic mass is 10.1. The Balaban J connectivity index is 2.59. The zero-order chi connectivity index (χ0) is 14.0. The molecule has 0 bridgehead atoms. The highest BCUT2D eigenvalue weighted by molar-refractivity contribution is 6.31. The van der Waals surface area contributed by atoms with Gasteiger partial charge < -0.3 is 0 Å². The number of fused-ring (bicyclic) bond motifs is 1. The van der Waals surface area contributed by atoms with Gasteiger partial charge in [-0.15, -0.1) is 0 Å². The first kappa shape index (κ1) is 13.5. The molecule has 0 aliphatic carbocycles. The van der Waals surface area contributed by atoms with E-state index in [1.807, 2.05) is 31.2 Å². The molecule has 0 spiro atoms. The van der Waals surface area contributed by atoms with Gasteiger partial charge in [-0.05, 0) is 24.6 Å². The molecule has 0 saturated carbocycles. The van der Waals surface area contributed by atoms with Crippen molar-refractivity contribution < 1.29 is 4.92 Å². The third kappa shape index (κ3) is 2.90. The Morgan fingerprint density at radius 1 is 1.47 bits per heavy atom. The van der Waals surface area contributed by atoms with Crippen molar-refractivity contribution in [2.24, 2.45) is 0 Å². The molecule has 0 radical (unpaired) electrons. The van der Waals surface area contributed by atoms with Crippen LogP contribution in [-0.2, 0) is 0 Å². The van der Waals surface area contributed by atoms with Crippen LogP contribution in [0.1, 0.15) is 24.5 Å². The number of aromatic nitrogens is 1. The Labute approximate surface area is 115 Å². The van der Waals surface area contributed by atoms with E-state index >= 15 is 0 Å². The quantitative estimate of drug-likeness (QED) is 0.479. The van der Waals surface area contributed by atoms with Crippen LogP contribution in [0.5, 0.6) is 0 Å². The van der Waals surface area contributed by atoms with Crippen molar-refractivity contribution in [1.29, 1.82) is 0 Å². The first-order valence-corrected chi connectivity index (χ1v) is 6.31. The van der Waals surface area contributed by atoms with Crippen LogP contribution in [0.25, 0.3) is 17.0 Å². The summed E-state index contributed by atoms with van der Waals surface area (Å²) in [5, 5.41) is 12.0. The molecule has 0 amide bonds. The predicted molar refractivity (Wildman–Crippen MR) is 76.8 cm³/mol. The molecule has 0 atom stereocenters. The minimum atomic E-state index is -0.393. The largest absolute Gasteiger partial charge is 0.259 e. The predicted octanol–water partition coefficient (Wildman–Crippen LogP) is 4.22. The molecule has 1 heterocycles. The van der Waals surface area contributed by atoms with Crippen molar-refractivity contribution in [2.75, 3.05) is 0 Å². The van der Waals surface area contributed by atoms with Crippen LogP contribution >= 0.6 is 11.6 Å². The number of nitro groups is 1. The van der Waals surface area contributed by atoms with Crippen molar-refractivity contribution in [3.63, 3.8) is 0 Å². The van der Waals surface area contributed by atoms with E-state index in [2.05, 4.69) is 4.98 Å². The van der Waals surface area contributed by atoms with Gasteiger partial charge in [-0.3, -0.25) is 10.1 Å². The van der Waals surface area contributed by atoms with E-state index < -0.39 is 4.92 Å². The Kier molecular flexibility index (Phi) is 3.81. The van der Waals surface area contributed by atoms with Crippen molar-refractivity contribution >= 4 is 28.6 Å². The molecule has 1 aromatic carbocycles. The summed E-state index contributed by atoms with van der Waals surface area (Å²) in [5.74, 6) is 0. The fourth-order valence-electron chi connectivity index (χ4n) is 1.83. The molecule has 19 heavy (non-hydrogen) atoms. The average Bonchev–Trinajstić information content (AvgIpc) is 2.35. The molecule has 0 unspecified atom stereocenters. The van der Waals surface area contributed by atoms with E-state index in [-0.39, 0.29) is 10.9 Å². The van der Waals surface area contributed by atoms with Crippen molar-refractivity contribution in [3.8, 4) is 0 Å². The summed E-state index contributed by atoms with van der Waals surface area (Å²) in [6, 6.07) is 7.66. The number of benzene rings is 1. The lowest BCUT2D eigenvalue weighted by molar-refractivity contribution is -0.425. The molecule has 0 aliphatic heterocycles. The van der Waals surface area contributed by atoms with Gasteiger partial charge in [-0.1, -0.05) is 30.7 Å². The van der Waals surface area contributed by atoms with Crippen molar-refractivity contribution in [1.82, 2.24) is 4.98 Å². The summed E-state index contributed by atoms with van der Waals surface area (Å²) < 4.78 is 0. The van der Waals surface area contributed by atoms with Crippen LogP contribution in [0, 0.1) is 17.0 Å². The summed E-state index contributed by atoms with van der Waals surface area (Å²) in [7, 11) is 0. The van der Waals surface area contributed by atoms with Gasteiger partial charge in [0.05, 0.1) is 10.4 Å². The maximum absolute atomic E-state index is 10.8. The summed E-state index contributed by atoms with van der Waals surface area (Å²) in [4.78, 5) is 14.7. The molecular weight excluding hydrogens is 264 g/mol. The topological polar surface area (TPSA) is 56.0 Å². The summed E-state index contributed by atoms with van der Waals surface area (Å²) >= 11 is 6.08. The number of nitrogens with zero attached hydrogens (tertiary/aromatic N) is 2. The van der Waals surface area contributed by atoms with Gasteiger partial charge in [0, 0.05) is 23.4 Å². The van der Waals surface area contributed by atoms with Crippen LogP contribution in [0.4, 0.5) is 0 Å². The van der Waals surface area contributed by atoms with E-state index in [1.165, 1.54) is 6.08 Å². The molecule has 0 aliphatic rings. The molecule has 5 heteroatoms. The van der Waals surface area contributed by atoms with Gasteiger partial charge in [-0.2, -0.15) is 0 Å². The normalized spacial score (nSPS) is 11.8. The number of aryl methyl sites for hydroxylation is 1. The van der Waals surface area contributed by atoms with Crippen molar-refractivity contribution in [3.05, 3.63) is 56.4 Å². The molecule has 1 aromatic heterocycles. The average molecular weight is 277 g/mol. The smallest absolute Gasteiger partial charge is 0.246 e.